The van der Waals surface area contributed by atoms with Crippen molar-refractivity contribution in [3.63, 3.8) is 0 Å². The zero-order chi connectivity index (χ0) is 14.9. The zero-order valence-electron chi connectivity index (χ0n) is 12.0. The summed E-state index contributed by atoms with van der Waals surface area (Å²) in [6.07, 6.45) is 0. The van der Waals surface area contributed by atoms with E-state index >= 15 is 0 Å². The Hall–Kier alpha value is -2.08. The maximum atomic E-state index is 12.3. The first-order chi connectivity index (χ1) is 9.36. The minimum absolute atomic E-state index is 0.224. The number of nitrogens with zero attached hydrogens (tertiary/aromatic N) is 2. The third-order valence-electron chi connectivity index (χ3n) is 2.71. The first-order valence-electron chi connectivity index (χ1n) is 6.20. The normalized spacial score (nSPS) is 10.4. The fraction of sp³-hybridized carbons (Fsp3) is 0.286. The van der Waals surface area contributed by atoms with Crippen LogP contribution in [0.4, 0.5) is 16.6 Å². The Morgan fingerprint density at radius 3 is 2.35 bits per heavy atom. The summed E-state index contributed by atoms with van der Waals surface area (Å²) in [7, 11) is 3.73. The van der Waals surface area contributed by atoms with Gasteiger partial charge in [-0.3, -0.25) is 4.79 Å². The second kappa shape index (κ2) is 5.50. The van der Waals surface area contributed by atoms with Crippen molar-refractivity contribution in [2.24, 2.45) is 0 Å². The molecule has 1 amide bonds. The Morgan fingerprint density at radius 1 is 1.25 bits per heavy atom. The van der Waals surface area contributed by atoms with Crippen LogP contribution in [0.2, 0.25) is 0 Å². The molecule has 5 nitrogen and oxygen atoms in total. The monoisotopic (exact) mass is 290 g/mol. The molecule has 0 bridgehead atoms. The van der Waals surface area contributed by atoms with Gasteiger partial charge in [-0.15, -0.1) is 0 Å². The average molecular weight is 290 g/mol. The molecule has 2 aromatic rings. The number of hydrogen-bond donors (Lipinski definition) is 2. The van der Waals surface area contributed by atoms with Crippen molar-refractivity contribution < 1.29 is 4.79 Å². The first kappa shape index (κ1) is 14.3. The van der Waals surface area contributed by atoms with Crippen molar-refractivity contribution in [3.8, 4) is 0 Å². The van der Waals surface area contributed by atoms with E-state index in [0.29, 0.717) is 10.0 Å². The van der Waals surface area contributed by atoms with Crippen LogP contribution in [0, 0.1) is 13.8 Å². The molecule has 0 saturated carbocycles. The van der Waals surface area contributed by atoms with Gasteiger partial charge in [0.05, 0.1) is 0 Å². The molecule has 20 heavy (non-hydrogen) atoms. The molecular formula is C14H18N4OS. The van der Waals surface area contributed by atoms with Crippen molar-refractivity contribution in [2.75, 3.05) is 30.0 Å². The van der Waals surface area contributed by atoms with Crippen LogP contribution >= 0.6 is 11.3 Å². The Morgan fingerprint density at radius 2 is 1.85 bits per heavy atom. The number of aryl methyl sites for hydroxylation is 2. The number of carbonyl (C=O) groups excluding carboxylic acids is 1. The molecule has 0 spiro atoms. The summed E-state index contributed by atoms with van der Waals surface area (Å²) in [6, 6.07) is 5.91. The van der Waals surface area contributed by atoms with E-state index in [1.165, 1.54) is 11.3 Å². The second-order valence-corrected chi connectivity index (χ2v) is 5.91. The summed E-state index contributed by atoms with van der Waals surface area (Å²) in [5.74, 6) is 0.0404. The topological polar surface area (TPSA) is 71.2 Å². The third kappa shape index (κ3) is 3.08. The van der Waals surface area contributed by atoms with Crippen LogP contribution in [0.5, 0.6) is 0 Å². The Kier molecular flexibility index (Phi) is 3.94. The lowest BCUT2D eigenvalue weighted by atomic mass is 10.1. The summed E-state index contributed by atoms with van der Waals surface area (Å²) in [5.41, 5.74) is 8.78. The van der Waals surface area contributed by atoms with Gasteiger partial charge in [-0.2, -0.15) is 0 Å². The highest BCUT2D eigenvalue weighted by molar-refractivity contribution is 7.18. The average Bonchev–Trinajstić information content (AvgIpc) is 2.70. The maximum Gasteiger partial charge on any atom is 0.269 e. The van der Waals surface area contributed by atoms with E-state index in [1.54, 1.807) is 0 Å². The van der Waals surface area contributed by atoms with Crippen molar-refractivity contribution in [3.05, 3.63) is 34.2 Å². The van der Waals surface area contributed by atoms with Gasteiger partial charge in [0.15, 0.2) is 5.13 Å². The summed E-state index contributed by atoms with van der Waals surface area (Å²) < 4.78 is 0. The predicted molar refractivity (Wildman–Crippen MR) is 84.7 cm³/mol. The molecule has 3 N–H and O–H groups in total. The molecule has 1 aromatic carbocycles. The minimum Gasteiger partial charge on any atom is -0.382 e. The summed E-state index contributed by atoms with van der Waals surface area (Å²) in [6.45, 7) is 3.99. The molecule has 2 rings (SSSR count). The lowest BCUT2D eigenvalue weighted by molar-refractivity contribution is 0.103. The molecule has 106 valence electrons. The SMILES string of the molecule is Cc1cc(C)cc(NC(=O)c2sc(N(C)C)nc2N)c1. The number of anilines is 3. The summed E-state index contributed by atoms with van der Waals surface area (Å²) in [4.78, 5) is 18.7. The van der Waals surface area contributed by atoms with Gasteiger partial charge in [0.1, 0.15) is 10.7 Å². The van der Waals surface area contributed by atoms with E-state index in [-0.39, 0.29) is 11.7 Å². The van der Waals surface area contributed by atoms with Gasteiger partial charge in [-0.25, -0.2) is 4.98 Å². The number of nitrogens with two attached hydrogens (primary N) is 1. The van der Waals surface area contributed by atoms with Gasteiger partial charge >= 0.3 is 0 Å². The molecule has 0 saturated heterocycles. The van der Waals surface area contributed by atoms with Crippen molar-refractivity contribution in [1.82, 2.24) is 4.98 Å². The smallest absolute Gasteiger partial charge is 0.269 e. The number of carbonyl (C=O) groups is 1. The molecule has 0 aliphatic rings. The maximum absolute atomic E-state index is 12.3. The van der Waals surface area contributed by atoms with Gasteiger partial charge in [-0.1, -0.05) is 17.4 Å². The van der Waals surface area contributed by atoms with E-state index in [2.05, 4.69) is 16.4 Å². The Bertz CT molecular complexity index is 628. The Labute approximate surface area is 122 Å². The van der Waals surface area contributed by atoms with Gasteiger partial charge in [0.2, 0.25) is 0 Å². The van der Waals surface area contributed by atoms with Crippen LogP contribution in [-0.4, -0.2) is 25.0 Å². The molecule has 0 unspecified atom stereocenters. The molecule has 1 aromatic heterocycles. The predicted octanol–water partition coefficient (Wildman–Crippen LogP) is 2.66. The van der Waals surface area contributed by atoms with Gasteiger partial charge in [0, 0.05) is 19.8 Å². The van der Waals surface area contributed by atoms with Gasteiger partial charge in [0.25, 0.3) is 5.91 Å². The molecule has 0 aliphatic carbocycles. The van der Waals surface area contributed by atoms with E-state index in [1.807, 2.05) is 45.0 Å². The van der Waals surface area contributed by atoms with E-state index in [0.717, 1.165) is 16.8 Å². The van der Waals surface area contributed by atoms with Crippen molar-refractivity contribution in [1.29, 1.82) is 0 Å². The molecule has 0 fully saturated rings. The lowest BCUT2D eigenvalue weighted by Gasteiger charge is -2.07. The number of hydrogen-bond acceptors (Lipinski definition) is 5. The molecular weight excluding hydrogens is 272 g/mol. The van der Waals surface area contributed by atoms with Crippen LogP contribution in [-0.2, 0) is 0 Å². The molecule has 1 heterocycles. The van der Waals surface area contributed by atoms with Crippen LogP contribution in [0.15, 0.2) is 18.2 Å². The number of amides is 1. The Balaban J connectivity index is 2.23. The number of benzene rings is 1. The highest BCUT2D eigenvalue weighted by Crippen LogP contribution is 2.27. The van der Waals surface area contributed by atoms with Crippen LogP contribution < -0.4 is 16.0 Å². The van der Waals surface area contributed by atoms with E-state index in [4.69, 9.17) is 5.73 Å². The summed E-state index contributed by atoms with van der Waals surface area (Å²) in [5, 5.41) is 3.58. The van der Waals surface area contributed by atoms with Crippen LogP contribution in [0.25, 0.3) is 0 Å². The zero-order valence-corrected chi connectivity index (χ0v) is 12.8. The number of thiazole rings is 1. The number of nitrogens with one attached hydrogen (secondary N) is 1. The fourth-order valence-electron chi connectivity index (χ4n) is 1.91. The molecule has 0 aliphatic heterocycles. The van der Waals surface area contributed by atoms with Crippen molar-refractivity contribution in [2.45, 2.75) is 13.8 Å². The highest BCUT2D eigenvalue weighted by atomic mass is 32.1. The molecule has 0 radical (unpaired) electrons. The standard InChI is InChI=1S/C14H18N4OS/c1-8-5-9(2)7-10(6-8)16-13(19)11-12(15)17-14(20-11)18(3)4/h5-7H,15H2,1-4H3,(H,16,19). The summed E-state index contributed by atoms with van der Waals surface area (Å²) >= 11 is 1.28. The first-order valence-corrected chi connectivity index (χ1v) is 7.01. The largest absolute Gasteiger partial charge is 0.382 e. The lowest BCUT2D eigenvalue weighted by Crippen LogP contribution is -2.12. The van der Waals surface area contributed by atoms with Gasteiger partial charge in [-0.05, 0) is 37.1 Å². The third-order valence-corrected chi connectivity index (χ3v) is 3.95. The molecule has 6 heteroatoms. The van der Waals surface area contributed by atoms with Gasteiger partial charge < -0.3 is 16.0 Å². The number of aromatic nitrogens is 1. The molecule has 0 atom stereocenters. The number of nitrogen functional groups attached to an aromatic ring is 1. The minimum atomic E-state index is -0.224. The van der Waals surface area contributed by atoms with E-state index < -0.39 is 0 Å². The van der Waals surface area contributed by atoms with Crippen LogP contribution in [0.3, 0.4) is 0 Å². The van der Waals surface area contributed by atoms with Crippen molar-refractivity contribution >= 4 is 33.9 Å². The second-order valence-electron chi connectivity index (χ2n) is 4.94. The van der Waals surface area contributed by atoms with E-state index in [9.17, 15) is 4.79 Å². The quantitative estimate of drug-likeness (QED) is 0.911. The number of rotatable bonds is 3. The van der Waals surface area contributed by atoms with Crippen LogP contribution in [0.1, 0.15) is 20.8 Å². The highest BCUT2D eigenvalue weighted by Gasteiger charge is 2.17. The fourth-order valence-corrected chi connectivity index (χ4v) is 2.71.